The van der Waals surface area contributed by atoms with Crippen LogP contribution < -0.4 is 5.32 Å². The molecule has 0 spiro atoms. The highest BCUT2D eigenvalue weighted by atomic mass is 79.9. The molecule has 1 rings (SSSR count). The number of carboxylic acid groups (broad SMARTS) is 1. The number of carbonyl (C=O) groups excluding carboxylic acids is 1. The molecule has 16 heavy (non-hydrogen) atoms. The molecule has 6 heteroatoms. The van der Waals surface area contributed by atoms with Crippen molar-refractivity contribution in [1.82, 2.24) is 5.32 Å². The minimum atomic E-state index is -0.999. The molecular formula is C10H9BrFNO3. The Labute approximate surface area is 99.6 Å². The fourth-order valence-electron chi connectivity index (χ4n) is 1.07. The molecule has 2 N–H and O–H groups in total. The SMILES string of the molecule is O=C(O)CCNC(=O)c1cc(F)cc(Br)c1. The van der Waals surface area contributed by atoms with Crippen molar-refractivity contribution in [1.29, 1.82) is 0 Å². The Morgan fingerprint density at radius 1 is 1.38 bits per heavy atom. The van der Waals surface area contributed by atoms with Crippen molar-refractivity contribution >= 4 is 27.8 Å². The summed E-state index contributed by atoms with van der Waals surface area (Å²) in [5.74, 6) is -2.03. The van der Waals surface area contributed by atoms with E-state index in [1.54, 1.807) is 0 Å². The van der Waals surface area contributed by atoms with Crippen molar-refractivity contribution in [3.63, 3.8) is 0 Å². The lowest BCUT2D eigenvalue weighted by molar-refractivity contribution is -0.136. The third-order valence-corrected chi connectivity index (χ3v) is 2.21. The first-order valence-corrected chi connectivity index (χ1v) is 5.24. The summed E-state index contributed by atoms with van der Waals surface area (Å²) < 4.78 is 13.4. The Bertz CT molecular complexity index is 402. The van der Waals surface area contributed by atoms with Gasteiger partial charge in [-0.2, -0.15) is 0 Å². The molecule has 0 radical (unpaired) electrons. The first kappa shape index (κ1) is 12.6. The number of amides is 1. The van der Waals surface area contributed by atoms with Gasteiger partial charge in [-0.05, 0) is 18.2 Å². The zero-order valence-corrected chi connectivity index (χ0v) is 9.75. The van der Waals surface area contributed by atoms with Crippen LogP contribution >= 0.6 is 15.9 Å². The van der Waals surface area contributed by atoms with E-state index in [-0.39, 0.29) is 18.5 Å². The highest BCUT2D eigenvalue weighted by Gasteiger charge is 2.08. The summed E-state index contributed by atoms with van der Waals surface area (Å²) in [6, 6.07) is 3.77. The van der Waals surface area contributed by atoms with Gasteiger partial charge in [-0.3, -0.25) is 9.59 Å². The maximum absolute atomic E-state index is 12.9. The van der Waals surface area contributed by atoms with Gasteiger partial charge in [-0.25, -0.2) is 4.39 Å². The number of carboxylic acids is 1. The first-order chi connectivity index (χ1) is 7.49. The molecule has 1 aromatic rings. The monoisotopic (exact) mass is 289 g/mol. The van der Waals surface area contributed by atoms with Crippen LogP contribution in [0.2, 0.25) is 0 Å². The smallest absolute Gasteiger partial charge is 0.305 e. The maximum atomic E-state index is 12.9. The summed E-state index contributed by atoms with van der Waals surface area (Å²) in [6.45, 7) is 0.0162. The lowest BCUT2D eigenvalue weighted by atomic mass is 10.2. The zero-order chi connectivity index (χ0) is 12.1. The molecular weight excluding hydrogens is 281 g/mol. The van der Waals surface area contributed by atoms with Crippen molar-refractivity contribution in [3.8, 4) is 0 Å². The van der Waals surface area contributed by atoms with Gasteiger partial charge < -0.3 is 10.4 Å². The third kappa shape index (κ3) is 3.98. The van der Waals surface area contributed by atoms with E-state index in [1.807, 2.05) is 0 Å². The first-order valence-electron chi connectivity index (χ1n) is 4.45. The largest absolute Gasteiger partial charge is 0.481 e. The van der Waals surface area contributed by atoms with E-state index in [4.69, 9.17) is 5.11 Å². The van der Waals surface area contributed by atoms with Crippen LogP contribution in [0.1, 0.15) is 16.8 Å². The summed E-state index contributed by atoms with van der Waals surface area (Å²) in [5, 5.41) is 10.7. The van der Waals surface area contributed by atoms with E-state index >= 15 is 0 Å². The average molecular weight is 290 g/mol. The molecule has 1 amide bonds. The Hall–Kier alpha value is -1.43. The minimum Gasteiger partial charge on any atom is -0.481 e. The highest BCUT2D eigenvalue weighted by molar-refractivity contribution is 9.10. The Balaban J connectivity index is 2.62. The molecule has 0 heterocycles. The van der Waals surface area contributed by atoms with Crippen molar-refractivity contribution in [2.75, 3.05) is 6.54 Å². The van der Waals surface area contributed by atoms with Crippen molar-refractivity contribution in [3.05, 3.63) is 34.1 Å². The van der Waals surface area contributed by atoms with Gasteiger partial charge in [0.2, 0.25) is 0 Å². The van der Waals surface area contributed by atoms with Crippen LogP contribution in [0.3, 0.4) is 0 Å². The Morgan fingerprint density at radius 3 is 2.62 bits per heavy atom. The molecule has 1 aromatic carbocycles. The van der Waals surface area contributed by atoms with Crippen LogP contribution in [0.15, 0.2) is 22.7 Å². The van der Waals surface area contributed by atoms with E-state index in [1.165, 1.54) is 12.1 Å². The third-order valence-electron chi connectivity index (χ3n) is 1.75. The molecule has 0 unspecified atom stereocenters. The van der Waals surface area contributed by atoms with Gasteiger partial charge >= 0.3 is 5.97 Å². The molecule has 0 fully saturated rings. The van der Waals surface area contributed by atoms with Crippen LogP contribution in [0.25, 0.3) is 0 Å². The summed E-state index contributed by atoms with van der Waals surface area (Å²) in [5.41, 5.74) is 0.150. The van der Waals surface area contributed by atoms with Gasteiger partial charge in [0.1, 0.15) is 5.82 Å². The number of hydrogen-bond donors (Lipinski definition) is 2. The fourth-order valence-corrected chi connectivity index (χ4v) is 1.54. The molecule has 0 atom stereocenters. The Morgan fingerprint density at radius 2 is 2.06 bits per heavy atom. The molecule has 0 aliphatic carbocycles. The second-order valence-electron chi connectivity index (χ2n) is 3.06. The lowest BCUT2D eigenvalue weighted by Gasteiger charge is -2.04. The molecule has 0 aromatic heterocycles. The van der Waals surface area contributed by atoms with E-state index in [0.29, 0.717) is 4.47 Å². The van der Waals surface area contributed by atoms with E-state index < -0.39 is 17.7 Å². The van der Waals surface area contributed by atoms with E-state index in [0.717, 1.165) is 6.07 Å². The van der Waals surface area contributed by atoms with Crippen LogP contribution in [0, 0.1) is 5.82 Å². The summed E-state index contributed by atoms with van der Waals surface area (Å²) in [6.07, 6.45) is -0.164. The number of hydrogen-bond acceptors (Lipinski definition) is 2. The van der Waals surface area contributed by atoms with Gasteiger partial charge in [0, 0.05) is 16.6 Å². The zero-order valence-electron chi connectivity index (χ0n) is 8.17. The molecule has 0 saturated carbocycles. The standard InChI is InChI=1S/C10H9BrFNO3/c11-7-3-6(4-8(12)5-7)10(16)13-2-1-9(14)15/h3-5H,1-2H2,(H,13,16)(H,14,15). The lowest BCUT2D eigenvalue weighted by Crippen LogP contribution is -2.26. The molecule has 0 aliphatic heterocycles. The van der Waals surface area contributed by atoms with Crippen LogP contribution in [-0.4, -0.2) is 23.5 Å². The number of nitrogens with one attached hydrogen (secondary N) is 1. The normalized spacial score (nSPS) is 9.88. The number of benzene rings is 1. The van der Waals surface area contributed by atoms with Gasteiger partial charge in [0.25, 0.3) is 5.91 Å². The van der Waals surface area contributed by atoms with Crippen LogP contribution in [0.5, 0.6) is 0 Å². The van der Waals surface area contributed by atoms with Gasteiger partial charge in [-0.1, -0.05) is 15.9 Å². The van der Waals surface area contributed by atoms with E-state index in [9.17, 15) is 14.0 Å². The predicted molar refractivity (Wildman–Crippen MR) is 58.7 cm³/mol. The second-order valence-corrected chi connectivity index (χ2v) is 3.97. The topological polar surface area (TPSA) is 66.4 Å². The summed E-state index contributed by atoms with van der Waals surface area (Å²) >= 11 is 3.06. The number of aliphatic carboxylic acids is 1. The number of carbonyl (C=O) groups is 2. The predicted octanol–water partition coefficient (Wildman–Crippen LogP) is 1.79. The quantitative estimate of drug-likeness (QED) is 0.888. The maximum Gasteiger partial charge on any atom is 0.305 e. The minimum absolute atomic E-state index is 0.0162. The molecule has 86 valence electrons. The van der Waals surface area contributed by atoms with Gasteiger partial charge in [0.15, 0.2) is 0 Å². The van der Waals surface area contributed by atoms with Gasteiger partial charge in [-0.15, -0.1) is 0 Å². The molecule has 0 aliphatic rings. The number of halogens is 2. The van der Waals surface area contributed by atoms with E-state index in [2.05, 4.69) is 21.2 Å². The van der Waals surface area contributed by atoms with Crippen LogP contribution in [0.4, 0.5) is 4.39 Å². The second kappa shape index (κ2) is 5.60. The van der Waals surface area contributed by atoms with Crippen molar-refractivity contribution in [2.45, 2.75) is 6.42 Å². The average Bonchev–Trinajstić information content (AvgIpc) is 2.15. The molecule has 4 nitrogen and oxygen atoms in total. The molecule has 0 saturated heterocycles. The highest BCUT2D eigenvalue weighted by Crippen LogP contribution is 2.14. The van der Waals surface area contributed by atoms with Crippen LogP contribution in [-0.2, 0) is 4.79 Å². The summed E-state index contributed by atoms with van der Waals surface area (Å²) in [4.78, 5) is 21.6. The van der Waals surface area contributed by atoms with Crippen molar-refractivity contribution in [2.24, 2.45) is 0 Å². The summed E-state index contributed by atoms with van der Waals surface area (Å²) in [7, 11) is 0. The molecule has 0 bridgehead atoms. The van der Waals surface area contributed by atoms with Gasteiger partial charge in [0.05, 0.1) is 6.42 Å². The number of rotatable bonds is 4. The fraction of sp³-hybridized carbons (Fsp3) is 0.200. The Kier molecular flexibility index (Phi) is 4.42. The van der Waals surface area contributed by atoms with Crippen molar-refractivity contribution < 1.29 is 19.1 Å².